The minimum atomic E-state index is -0.484. The van der Waals surface area contributed by atoms with E-state index in [4.69, 9.17) is 4.74 Å². The Bertz CT molecular complexity index is 275. The van der Waals surface area contributed by atoms with Crippen LogP contribution in [0.2, 0.25) is 0 Å². The first-order valence-corrected chi connectivity index (χ1v) is 5.70. The minimum Gasteiger partial charge on any atom is -0.444 e. The van der Waals surface area contributed by atoms with Crippen LogP contribution in [0, 0.1) is 5.41 Å². The summed E-state index contributed by atoms with van der Waals surface area (Å²) < 4.78 is 5.30. The van der Waals surface area contributed by atoms with Crippen molar-refractivity contribution in [2.24, 2.45) is 5.41 Å². The monoisotopic (exact) mass is 229 g/mol. The number of nitrogens with zero attached hydrogens (tertiary/aromatic N) is 1. The summed E-state index contributed by atoms with van der Waals surface area (Å²) in [6.07, 6.45) is -0.327. The quantitative estimate of drug-likeness (QED) is 0.700. The Hall–Kier alpha value is -0.770. The fraction of sp³-hybridized carbons (Fsp3) is 0.917. The average Bonchev–Trinajstić information content (AvgIpc) is 2.72. The lowest BCUT2D eigenvalue weighted by Gasteiger charge is -2.22. The highest BCUT2D eigenvalue weighted by Crippen LogP contribution is 2.42. The summed E-state index contributed by atoms with van der Waals surface area (Å²) in [6, 6.07) is -0.0119. The molecule has 1 aliphatic heterocycles. The number of aliphatic hydroxyl groups is 1. The van der Waals surface area contributed by atoms with Crippen LogP contribution < -0.4 is 0 Å². The largest absolute Gasteiger partial charge is 0.444 e. The first-order chi connectivity index (χ1) is 7.08. The summed E-state index contributed by atoms with van der Waals surface area (Å²) in [5.74, 6) is 0. The van der Waals surface area contributed by atoms with Crippen molar-refractivity contribution >= 4 is 6.09 Å². The van der Waals surface area contributed by atoms with Gasteiger partial charge in [0.1, 0.15) is 5.60 Å². The van der Waals surface area contributed by atoms with E-state index >= 15 is 0 Å². The van der Waals surface area contributed by atoms with Crippen LogP contribution in [-0.4, -0.2) is 40.4 Å². The van der Waals surface area contributed by atoms with Crippen molar-refractivity contribution < 1.29 is 14.6 Å². The fourth-order valence-corrected chi connectivity index (χ4v) is 2.03. The summed E-state index contributed by atoms with van der Waals surface area (Å²) in [7, 11) is 0. The van der Waals surface area contributed by atoms with Crippen molar-refractivity contribution in [3.05, 3.63) is 0 Å². The Balaban J connectivity index is 2.66. The minimum absolute atomic E-state index is 0.00117. The van der Waals surface area contributed by atoms with Crippen molar-refractivity contribution in [2.75, 3.05) is 6.61 Å². The normalized spacial score (nSPS) is 25.6. The van der Waals surface area contributed by atoms with Gasteiger partial charge in [-0.3, -0.25) is 4.90 Å². The summed E-state index contributed by atoms with van der Waals surface area (Å²) in [4.78, 5) is 13.5. The highest BCUT2D eigenvalue weighted by Gasteiger charge is 2.57. The number of hydrogen-bond donors (Lipinski definition) is 1. The molecule has 1 rings (SSSR count). The van der Waals surface area contributed by atoms with Crippen LogP contribution in [-0.2, 0) is 4.74 Å². The third-order valence-electron chi connectivity index (χ3n) is 2.61. The van der Waals surface area contributed by atoms with E-state index < -0.39 is 5.60 Å². The first-order valence-electron chi connectivity index (χ1n) is 5.70. The van der Waals surface area contributed by atoms with Crippen LogP contribution in [0.5, 0.6) is 0 Å². The van der Waals surface area contributed by atoms with Gasteiger partial charge in [-0.25, -0.2) is 4.79 Å². The number of ether oxygens (including phenoxy) is 1. The Morgan fingerprint density at radius 2 is 1.75 bits per heavy atom. The topological polar surface area (TPSA) is 49.5 Å². The second-order valence-electron chi connectivity index (χ2n) is 6.45. The maximum atomic E-state index is 11.8. The Labute approximate surface area is 97.6 Å². The van der Waals surface area contributed by atoms with Crippen molar-refractivity contribution in [1.29, 1.82) is 0 Å². The molecule has 0 bridgehead atoms. The van der Waals surface area contributed by atoms with E-state index in [1.165, 1.54) is 0 Å². The zero-order chi connectivity index (χ0) is 12.7. The van der Waals surface area contributed by atoms with E-state index in [-0.39, 0.29) is 30.2 Å². The summed E-state index contributed by atoms with van der Waals surface area (Å²) in [5.41, 5.74) is -0.508. The number of rotatable bonds is 1. The van der Waals surface area contributed by atoms with E-state index in [2.05, 4.69) is 20.8 Å². The molecule has 0 saturated carbocycles. The summed E-state index contributed by atoms with van der Waals surface area (Å²) in [6.45, 7) is 11.7. The molecule has 4 nitrogen and oxygen atoms in total. The van der Waals surface area contributed by atoms with Gasteiger partial charge in [0.2, 0.25) is 0 Å². The second kappa shape index (κ2) is 3.91. The lowest BCUT2D eigenvalue weighted by Crippen LogP contribution is -2.30. The number of hydrogen-bond acceptors (Lipinski definition) is 3. The Kier molecular flexibility index (Phi) is 3.25. The van der Waals surface area contributed by atoms with Crippen LogP contribution in [0.1, 0.15) is 41.5 Å². The van der Waals surface area contributed by atoms with Gasteiger partial charge in [0.25, 0.3) is 0 Å². The third-order valence-corrected chi connectivity index (χ3v) is 2.61. The van der Waals surface area contributed by atoms with Gasteiger partial charge in [0.05, 0.1) is 18.7 Å². The Morgan fingerprint density at radius 3 is 2.00 bits per heavy atom. The molecule has 1 saturated heterocycles. The molecule has 0 aliphatic carbocycles. The molecule has 1 heterocycles. The van der Waals surface area contributed by atoms with Crippen LogP contribution in [0.3, 0.4) is 0 Å². The Morgan fingerprint density at radius 1 is 1.25 bits per heavy atom. The van der Waals surface area contributed by atoms with Gasteiger partial charge in [0, 0.05) is 0 Å². The molecular formula is C12H23NO3. The van der Waals surface area contributed by atoms with Gasteiger partial charge in [0.15, 0.2) is 0 Å². The number of aliphatic hydroxyl groups excluding tert-OH is 1. The maximum absolute atomic E-state index is 11.8. The molecule has 0 aromatic carbocycles. The van der Waals surface area contributed by atoms with Crippen LogP contribution >= 0.6 is 0 Å². The number of carbonyl (C=O) groups is 1. The standard InChI is InChI=1S/C12H23NO3/c1-11(2,3)9-8(7-14)13(9)10(15)16-12(4,5)6/h8-9,14H,7H2,1-6H3/t8-,9+,13?/m1/s1. The zero-order valence-corrected chi connectivity index (χ0v) is 11.1. The number of carbonyl (C=O) groups excluding carboxylic acids is 1. The highest BCUT2D eigenvalue weighted by atomic mass is 16.6. The molecule has 0 radical (unpaired) electrons. The molecule has 0 spiro atoms. The third kappa shape index (κ3) is 2.88. The molecule has 1 N–H and O–H groups in total. The maximum Gasteiger partial charge on any atom is 0.411 e. The SMILES string of the molecule is CC(C)(C)OC(=O)N1[C@H](CO)[C@H]1C(C)(C)C. The van der Waals surface area contributed by atoms with Crippen molar-refractivity contribution in [2.45, 2.75) is 59.2 Å². The van der Waals surface area contributed by atoms with Crippen LogP contribution in [0.15, 0.2) is 0 Å². The molecule has 4 heteroatoms. The lowest BCUT2D eigenvalue weighted by atomic mass is 9.90. The lowest BCUT2D eigenvalue weighted by molar-refractivity contribution is 0.0364. The molecule has 94 valence electrons. The predicted molar refractivity (Wildman–Crippen MR) is 62.2 cm³/mol. The first kappa shape index (κ1) is 13.3. The predicted octanol–water partition coefficient (Wildman–Crippen LogP) is 2.01. The van der Waals surface area contributed by atoms with E-state index in [0.717, 1.165) is 0 Å². The van der Waals surface area contributed by atoms with E-state index in [1.54, 1.807) is 4.90 Å². The van der Waals surface area contributed by atoms with Gasteiger partial charge < -0.3 is 9.84 Å². The molecule has 0 aromatic heterocycles. The molecular weight excluding hydrogens is 206 g/mol. The van der Waals surface area contributed by atoms with Gasteiger partial charge in [-0.1, -0.05) is 20.8 Å². The van der Waals surface area contributed by atoms with E-state index in [1.807, 2.05) is 20.8 Å². The average molecular weight is 229 g/mol. The second-order valence-corrected chi connectivity index (χ2v) is 6.45. The summed E-state index contributed by atoms with van der Waals surface area (Å²) in [5, 5.41) is 9.21. The highest BCUT2D eigenvalue weighted by molar-refractivity contribution is 5.72. The zero-order valence-electron chi connectivity index (χ0n) is 11.1. The van der Waals surface area contributed by atoms with Gasteiger partial charge in [-0.15, -0.1) is 0 Å². The van der Waals surface area contributed by atoms with Crippen molar-refractivity contribution in [3.63, 3.8) is 0 Å². The molecule has 0 aromatic rings. The van der Waals surface area contributed by atoms with Crippen molar-refractivity contribution in [3.8, 4) is 0 Å². The smallest absolute Gasteiger partial charge is 0.411 e. The van der Waals surface area contributed by atoms with E-state index in [9.17, 15) is 9.90 Å². The van der Waals surface area contributed by atoms with Crippen LogP contribution in [0.4, 0.5) is 4.79 Å². The molecule has 16 heavy (non-hydrogen) atoms. The molecule has 0 unspecified atom stereocenters. The van der Waals surface area contributed by atoms with Crippen molar-refractivity contribution in [1.82, 2.24) is 4.90 Å². The fourth-order valence-electron chi connectivity index (χ4n) is 2.03. The summed E-state index contributed by atoms with van der Waals surface area (Å²) >= 11 is 0. The van der Waals surface area contributed by atoms with Gasteiger partial charge >= 0.3 is 6.09 Å². The van der Waals surface area contributed by atoms with Crippen LogP contribution in [0.25, 0.3) is 0 Å². The molecule has 1 fully saturated rings. The molecule has 1 amide bonds. The van der Waals surface area contributed by atoms with Gasteiger partial charge in [-0.2, -0.15) is 0 Å². The number of amides is 1. The molecule has 2 atom stereocenters. The van der Waals surface area contributed by atoms with Gasteiger partial charge in [-0.05, 0) is 26.2 Å². The van der Waals surface area contributed by atoms with E-state index in [0.29, 0.717) is 0 Å². The molecule has 1 aliphatic rings.